The highest BCUT2D eigenvalue weighted by atomic mass is 16.4. The monoisotopic (exact) mass is 320 g/mol. The molecule has 7 heteroatoms. The molecule has 1 saturated heterocycles. The summed E-state index contributed by atoms with van der Waals surface area (Å²) in [5, 5.41) is 11.5. The lowest BCUT2D eigenvalue weighted by atomic mass is 9.96. The zero-order valence-corrected chi connectivity index (χ0v) is 13.4. The summed E-state index contributed by atoms with van der Waals surface area (Å²) in [6, 6.07) is 3.82. The fourth-order valence-electron chi connectivity index (χ4n) is 2.68. The molecule has 0 atom stereocenters. The van der Waals surface area contributed by atoms with Crippen LogP contribution >= 0.6 is 0 Å². The summed E-state index contributed by atoms with van der Waals surface area (Å²) < 4.78 is 0. The highest BCUT2D eigenvalue weighted by Gasteiger charge is 2.20. The molecule has 126 valence electrons. The maximum atomic E-state index is 11.9. The van der Waals surface area contributed by atoms with Crippen molar-refractivity contribution in [2.45, 2.75) is 19.3 Å². The molecular weight excluding hydrogens is 296 g/mol. The van der Waals surface area contributed by atoms with E-state index in [0.29, 0.717) is 12.5 Å². The van der Waals surface area contributed by atoms with Crippen LogP contribution in [0.15, 0.2) is 24.5 Å². The van der Waals surface area contributed by atoms with Crippen LogP contribution in [0.5, 0.6) is 0 Å². The zero-order chi connectivity index (χ0) is 16.7. The highest BCUT2D eigenvalue weighted by Crippen LogP contribution is 2.22. The Morgan fingerprint density at radius 1 is 1.35 bits per heavy atom. The molecule has 2 rings (SSSR count). The van der Waals surface area contributed by atoms with Crippen LogP contribution in [0.25, 0.3) is 0 Å². The second-order valence-electron chi connectivity index (χ2n) is 5.89. The van der Waals surface area contributed by atoms with Gasteiger partial charge in [0.05, 0.1) is 6.42 Å². The number of pyridine rings is 1. The summed E-state index contributed by atoms with van der Waals surface area (Å²) in [5.74, 6) is -0.432. The molecule has 0 aliphatic carbocycles. The van der Waals surface area contributed by atoms with E-state index < -0.39 is 5.97 Å². The average Bonchev–Trinajstić information content (AvgIpc) is 2.58. The normalized spacial score (nSPS) is 15.3. The van der Waals surface area contributed by atoms with Crippen molar-refractivity contribution < 1.29 is 14.7 Å². The summed E-state index contributed by atoms with van der Waals surface area (Å²) in [5.41, 5.74) is 1.19. The lowest BCUT2D eigenvalue weighted by Gasteiger charge is -2.33. The van der Waals surface area contributed by atoms with Gasteiger partial charge in [-0.2, -0.15) is 0 Å². The van der Waals surface area contributed by atoms with Crippen molar-refractivity contribution in [3.8, 4) is 0 Å². The van der Waals surface area contributed by atoms with E-state index in [-0.39, 0.29) is 19.0 Å². The van der Waals surface area contributed by atoms with E-state index in [9.17, 15) is 9.59 Å². The molecule has 1 aliphatic rings. The van der Waals surface area contributed by atoms with Gasteiger partial charge in [0.2, 0.25) is 0 Å². The van der Waals surface area contributed by atoms with Gasteiger partial charge < -0.3 is 20.2 Å². The molecule has 0 unspecified atom stereocenters. The summed E-state index contributed by atoms with van der Waals surface area (Å²) in [6.45, 7) is 2.81. The number of hydrogen-bond donors (Lipinski definition) is 2. The lowest BCUT2D eigenvalue weighted by Crippen LogP contribution is -2.43. The Bertz CT molecular complexity index is 515. The number of anilines is 1. The van der Waals surface area contributed by atoms with Crippen molar-refractivity contribution in [3.05, 3.63) is 24.5 Å². The summed E-state index contributed by atoms with van der Waals surface area (Å²) in [6.07, 6.45) is 5.63. The van der Waals surface area contributed by atoms with Crippen molar-refractivity contribution >= 4 is 17.7 Å². The predicted molar refractivity (Wildman–Crippen MR) is 87.5 cm³/mol. The minimum atomic E-state index is -0.895. The van der Waals surface area contributed by atoms with Crippen LogP contribution in [-0.2, 0) is 4.79 Å². The topological polar surface area (TPSA) is 85.8 Å². The molecule has 2 N–H and O–H groups in total. The number of amides is 2. The molecule has 0 radical (unpaired) electrons. The van der Waals surface area contributed by atoms with E-state index in [4.69, 9.17) is 5.11 Å². The summed E-state index contributed by atoms with van der Waals surface area (Å²) >= 11 is 0. The molecular formula is C16H24N4O3. The molecule has 0 saturated carbocycles. The van der Waals surface area contributed by atoms with Crippen LogP contribution in [-0.4, -0.2) is 60.2 Å². The SMILES string of the molecule is CN(CCC(=O)O)C(=O)NCC1CCN(c2ccncc2)CC1. The van der Waals surface area contributed by atoms with E-state index >= 15 is 0 Å². The van der Waals surface area contributed by atoms with Gasteiger partial charge in [-0.3, -0.25) is 9.78 Å². The fraction of sp³-hybridized carbons (Fsp3) is 0.562. The van der Waals surface area contributed by atoms with Crippen molar-refractivity contribution in [3.63, 3.8) is 0 Å². The Morgan fingerprint density at radius 2 is 2.00 bits per heavy atom. The summed E-state index contributed by atoms with van der Waals surface area (Å²) in [4.78, 5) is 30.2. The van der Waals surface area contributed by atoms with E-state index in [1.54, 1.807) is 19.4 Å². The van der Waals surface area contributed by atoms with Crippen LogP contribution in [0.3, 0.4) is 0 Å². The third kappa shape index (κ3) is 5.43. The van der Waals surface area contributed by atoms with Gasteiger partial charge in [0.1, 0.15) is 0 Å². The maximum Gasteiger partial charge on any atom is 0.317 e. The van der Waals surface area contributed by atoms with Gasteiger partial charge >= 0.3 is 12.0 Å². The van der Waals surface area contributed by atoms with Crippen molar-refractivity contribution in [1.29, 1.82) is 0 Å². The van der Waals surface area contributed by atoms with Crippen molar-refractivity contribution in [2.24, 2.45) is 5.92 Å². The van der Waals surface area contributed by atoms with Crippen molar-refractivity contribution in [2.75, 3.05) is 38.1 Å². The number of rotatable bonds is 6. The van der Waals surface area contributed by atoms with E-state index in [2.05, 4.69) is 15.2 Å². The number of piperidine rings is 1. The van der Waals surface area contributed by atoms with E-state index in [0.717, 1.165) is 25.9 Å². The standard InChI is InChI=1S/C16H24N4O3/c1-19(9-6-15(21)22)16(23)18-12-13-4-10-20(11-5-13)14-2-7-17-8-3-14/h2-3,7-8,13H,4-6,9-12H2,1H3,(H,18,23)(H,21,22). The number of aliphatic carboxylic acids is 1. The Kier molecular flexibility index (Phi) is 6.19. The van der Waals surface area contributed by atoms with Gasteiger partial charge in [0.25, 0.3) is 0 Å². The number of aromatic nitrogens is 1. The second kappa shape index (κ2) is 8.36. The first-order chi connectivity index (χ1) is 11.1. The first-order valence-corrected chi connectivity index (χ1v) is 7.92. The second-order valence-corrected chi connectivity index (χ2v) is 5.89. The number of urea groups is 1. The van der Waals surface area contributed by atoms with Crippen LogP contribution in [0.2, 0.25) is 0 Å². The molecule has 2 heterocycles. The number of carbonyl (C=O) groups is 2. The third-order valence-corrected chi connectivity index (χ3v) is 4.19. The van der Waals surface area contributed by atoms with Crippen LogP contribution in [0.1, 0.15) is 19.3 Å². The van der Waals surface area contributed by atoms with E-state index in [1.807, 2.05) is 12.1 Å². The molecule has 1 aromatic heterocycles. The van der Waals surface area contributed by atoms with Crippen LogP contribution in [0.4, 0.5) is 10.5 Å². The lowest BCUT2D eigenvalue weighted by molar-refractivity contribution is -0.137. The first-order valence-electron chi connectivity index (χ1n) is 7.92. The van der Waals surface area contributed by atoms with Crippen LogP contribution < -0.4 is 10.2 Å². The minimum absolute atomic E-state index is 0.0335. The molecule has 1 aliphatic heterocycles. The largest absolute Gasteiger partial charge is 0.481 e. The fourth-order valence-corrected chi connectivity index (χ4v) is 2.68. The number of carboxylic acids is 1. The number of carbonyl (C=O) groups excluding carboxylic acids is 1. The van der Waals surface area contributed by atoms with Gasteiger partial charge in [-0.25, -0.2) is 4.79 Å². The quantitative estimate of drug-likeness (QED) is 0.828. The molecule has 2 amide bonds. The molecule has 0 spiro atoms. The molecule has 0 aromatic carbocycles. The first kappa shape index (κ1) is 17.1. The Labute approximate surface area is 136 Å². The Morgan fingerprint density at radius 3 is 2.61 bits per heavy atom. The minimum Gasteiger partial charge on any atom is -0.481 e. The van der Waals surface area contributed by atoms with Crippen LogP contribution in [0, 0.1) is 5.92 Å². The number of nitrogens with zero attached hydrogens (tertiary/aromatic N) is 3. The van der Waals surface area contributed by atoms with Gasteiger partial charge in [-0.15, -0.1) is 0 Å². The number of nitrogens with one attached hydrogen (secondary N) is 1. The maximum absolute atomic E-state index is 11.9. The number of hydrogen-bond acceptors (Lipinski definition) is 4. The molecule has 7 nitrogen and oxygen atoms in total. The van der Waals surface area contributed by atoms with Gasteiger partial charge in [-0.05, 0) is 30.9 Å². The molecule has 1 aromatic rings. The zero-order valence-electron chi connectivity index (χ0n) is 13.4. The Balaban J connectivity index is 1.68. The predicted octanol–water partition coefficient (Wildman–Crippen LogP) is 1.41. The molecule has 1 fully saturated rings. The van der Waals surface area contributed by atoms with Gasteiger partial charge in [0, 0.05) is 51.3 Å². The van der Waals surface area contributed by atoms with Gasteiger partial charge in [-0.1, -0.05) is 0 Å². The van der Waals surface area contributed by atoms with Gasteiger partial charge in [0.15, 0.2) is 0 Å². The average molecular weight is 320 g/mol. The smallest absolute Gasteiger partial charge is 0.317 e. The summed E-state index contributed by atoms with van der Waals surface area (Å²) in [7, 11) is 1.62. The highest BCUT2D eigenvalue weighted by molar-refractivity contribution is 5.75. The molecule has 0 bridgehead atoms. The van der Waals surface area contributed by atoms with Crippen molar-refractivity contribution in [1.82, 2.24) is 15.2 Å². The Hall–Kier alpha value is -2.31. The van der Waals surface area contributed by atoms with E-state index in [1.165, 1.54) is 10.6 Å². The molecule has 23 heavy (non-hydrogen) atoms. The third-order valence-electron chi connectivity index (χ3n) is 4.19. The number of carboxylic acid groups (broad SMARTS) is 1.